The minimum atomic E-state index is -0.560. The lowest BCUT2D eigenvalue weighted by Crippen LogP contribution is -2.64. The minimum absolute atomic E-state index is 0. The molecule has 0 radical (unpaired) electrons. The van der Waals surface area contributed by atoms with E-state index in [1.54, 1.807) is 0 Å². The Morgan fingerprint density at radius 2 is 1.74 bits per heavy atom. The summed E-state index contributed by atoms with van der Waals surface area (Å²) in [4.78, 5) is 13.0. The molecule has 5 aliphatic carbocycles. The number of aliphatic carboxylic acids is 1. The summed E-state index contributed by atoms with van der Waals surface area (Å²) in [5, 5.41) is 19.6. The van der Waals surface area contributed by atoms with Crippen LogP contribution >= 0.6 is 12.4 Å². The van der Waals surface area contributed by atoms with Crippen LogP contribution in [0.5, 0.6) is 0 Å². The Morgan fingerprint density at radius 1 is 1.00 bits per heavy atom. The fraction of sp³-hybridized carbons (Fsp3) is 0.833. The molecule has 0 bridgehead atoms. The van der Waals surface area contributed by atoms with Crippen molar-refractivity contribution in [1.29, 1.82) is 0 Å². The van der Waals surface area contributed by atoms with Crippen molar-refractivity contribution in [2.75, 3.05) is 13.1 Å². The molecule has 42 heavy (non-hydrogen) atoms. The van der Waals surface area contributed by atoms with Crippen LogP contribution in [0.1, 0.15) is 130 Å². The van der Waals surface area contributed by atoms with Crippen molar-refractivity contribution >= 4 is 18.4 Å². The zero-order valence-electron chi connectivity index (χ0n) is 27.3. The van der Waals surface area contributed by atoms with E-state index in [0.29, 0.717) is 17.9 Å². The van der Waals surface area contributed by atoms with Gasteiger partial charge in [-0.25, -0.2) is 0 Å². The highest BCUT2D eigenvalue weighted by atomic mass is 35.5. The lowest BCUT2D eigenvalue weighted by atomic mass is 9.33. The molecule has 2 heterocycles. The van der Waals surface area contributed by atoms with E-state index in [1.807, 2.05) is 0 Å². The minimum Gasteiger partial charge on any atom is -0.481 e. The molecule has 0 aromatic carbocycles. The molecule has 7 rings (SSSR count). The molecule has 1 aromatic rings. The van der Waals surface area contributed by atoms with Gasteiger partial charge in [-0.1, -0.05) is 60.1 Å². The molecule has 5 nitrogen and oxygen atoms in total. The number of allylic oxidation sites excluding steroid dienone is 2. The van der Waals surface area contributed by atoms with Crippen molar-refractivity contribution in [3.8, 4) is 0 Å². The molecule has 0 spiro atoms. The smallest absolute Gasteiger partial charge is 0.310 e. The Bertz CT molecular complexity index is 1290. The number of fused-ring (bicyclic) bond motifs is 8. The van der Waals surface area contributed by atoms with Crippen LogP contribution in [-0.2, 0) is 16.6 Å². The molecule has 0 amide bonds. The Hall–Kier alpha value is -1.33. The highest BCUT2D eigenvalue weighted by Crippen LogP contribution is 2.75. The Kier molecular flexibility index (Phi) is 7.00. The number of carbonyl (C=O) groups is 1. The fourth-order valence-corrected chi connectivity index (χ4v) is 12.3. The van der Waals surface area contributed by atoms with E-state index in [0.717, 1.165) is 58.0 Å². The lowest BCUT2D eigenvalue weighted by Gasteiger charge is -2.70. The van der Waals surface area contributed by atoms with E-state index in [1.165, 1.54) is 42.5 Å². The van der Waals surface area contributed by atoms with Gasteiger partial charge >= 0.3 is 5.97 Å². The third kappa shape index (κ3) is 3.90. The maximum Gasteiger partial charge on any atom is 0.310 e. The van der Waals surface area contributed by atoms with Gasteiger partial charge in [0, 0.05) is 18.2 Å². The molecule has 1 unspecified atom stereocenters. The predicted octanol–water partition coefficient (Wildman–Crippen LogP) is 8.13. The lowest BCUT2D eigenvalue weighted by molar-refractivity contribution is -0.177. The van der Waals surface area contributed by atoms with E-state index < -0.39 is 11.4 Å². The molecule has 8 atom stereocenters. The van der Waals surface area contributed by atoms with Crippen molar-refractivity contribution in [3.05, 3.63) is 29.1 Å². The van der Waals surface area contributed by atoms with E-state index >= 15 is 0 Å². The second-order valence-electron chi connectivity index (χ2n) is 17.6. The maximum atomic E-state index is 13.0. The summed E-state index contributed by atoms with van der Waals surface area (Å²) >= 11 is 0. The number of hydrogen-bond donors (Lipinski definition) is 2. The number of nitrogens with zero attached hydrogens (tertiary/aromatic N) is 2. The number of hydrogen-bond acceptors (Lipinski definition) is 3. The van der Waals surface area contributed by atoms with Crippen molar-refractivity contribution in [3.63, 3.8) is 0 Å². The van der Waals surface area contributed by atoms with Gasteiger partial charge in [-0.2, -0.15) is 5.10 Å². The van der Waals surface area contributed by atoms with E-state index in [2.05, 4.69) is 70.7 Å². The van der Waals surface area contributed by atoms with Gasteiger partial charge in [0.2, 0.25) is 0 Å². The highest BCUT2D eigenvalue weighted by molar-refractivity contribution is 5.85. The van der Waals surface area contributed by atoms with Gasteiger partial charge in [-0.15, -0.1) is 12.4 Å². The first kappa shape index (κ1) is 30.7. The predicted molar refractivity (Wildman–Crippen MR) is 171 cm³/mol. The molecular formula is C36H56ClN3O2. The van der Waals surface area contributed by atoms with Gasteiger partial charge in [0.25, 0.3) is 0 Å². The summed E-state index contributed by atoms with van der Waals surface area (Å²) in [5.74, 6) is 0.865. The first-order valence-corrected chi connectivity index (χ1v) is 16.9. The van der Waals surface area contributed by atoms with Gasteiger partial charge in [-0.3, -0.25) is 9.48 Å². The van der Waals surface area contributed by atoms with Crippen LogP contribution in [0.2, 0.25) is 0 Å². The molecule has 6 aliphatic rings. The normalized spacial score (nSPS) is 45.1. The SMILES string of the molecule is CC1(C)CC[C@]2(C(=O)O)CC[C@]3(C)C(=CC[C@@H]4[C@@]5(C)Cc6cn(C7CCCNC7)nc6C(C)(C)[C@@H]5CC[C@]43C)[C@@H]2C1.Cl. The van der Waals surface area contributed by atoms with Crippen LogP contribution in [0.25, 0.3) is 0 Å². The summed E-state index contributed by atoms with van der Waals surface area (Å²) in [7, 11) is 0. The first-order chi connectivity index (χ1) is 19.2. The number of carboxylic acids is 1. The summed E-state index contributed by atoms with van der Waals surface area (Å²) in [6.07, 6.45) is 17.0. The molecule has 1 aliphatic heterocycles. The van der Waals surface area contributed by atoms with Crippen LogP contribution in [0.15, 0.2) is 17.8 Å². The quantitative estimate of drug-likeness (QED) is 0.338. The number of aromatic nitrogens is 2. The first-order valence-electron chi connectivity index (χ1n) is 16.9. The standard InChI is InChI=1S/C36H55N3O2.ClH/c1-31(2)14-16-36(30(40)41)17-15-34(6)25(26(36)20-31)10-11-28-33(5)19-23-22-39(24-9-8-18-37-21-24)38-29(23)32(3,4)27(33)12-13-35(28,34)7;/h10,22,24,26-28,37H,8-9,11-21H2,1-7H3,(H,40,41);1H/t24?,26-,27-,28+,33-,34+,35+,36-;/m0./s1. The Morgan fingerprint density at radius 3 is 2.43 bits per heavy atom. The zero-order chi connectivity index (χ0) is 29.2. The van der Waals surface area contributed by atoms with E-state index in [4.69, 9.17) is 5.10 Å². The zero-order valence-corrected chi connectivity index (χ0v) is 28.1. The topological polar surface area (TPSA) is 67.2 Å². The molecule has 1 saturated heterocycles. The summed E-state index contributed by atoms with van der Waals surface area (Å²) in [6.45, 7) is 19.7. The van der Waals surface area contributed by atoms with Crippen LogP contribution < -0.4 is 5.32 Å². The number of nitrogens with one attached hydrogen (secondary N) is 1. The molecule has 2 N–H and O–H groups in total. The van der Waals surface area contributed by atoms with Crippen LogP contribution in [0, 0.1) is 44.8 Å². The number of piperidine rings is 1. The van der Waals surface area contributed by atoms with E-state index in [-0.39, 0.29) is 45.4 Å². The molecule has 234 valence electrons. The van der Waals surface area contributed by atoms with Crippen molar-refractivity contribution < 1.29 is 9.90 Å². The van der Waals surface area contributed by atoms with Crippen molar-refractivity contribution in [2.24, 2.45) is 44.8 Å². The third-order valence-corrected chi connectivity index (χ3v) is 14.8. The second kappa shape index (κ2) is 9.59. The summed E-state index contributed by atoms with van der Waals surface area (Å²) in [6, 6.07) is 0.473. The van der Waals surface area contributed by atoms with Crippen LogP contribution in [-0.4, -0.2) is 33.9 Å². The van der Waals surface area contributed by atoms with Crippen molar-refractivity contribution in [1.82, 2.24) is 15.1 Å². The van der Waals surface area contributed by atoms with Gasteiger partial charge in [-0.05, 0) is 122 Å². The summed E-state index contributed by atoms with van der Waals surface area (Å²) in [5.41, 5.74) is 4.56. The second-order valence-corrected chi connectivity index (χ2v) is 17.6. The molecule has 4 fully saturated rings. The largest absolute Gasteiger partial charge is 0.481 e. The van der Waals surface area contributed by atoms with Gasteiger partial charge in [0.15, 0.2) is 0 Å². The highest BCUT2D eigenvalue weighted by Gasteiger charge is 2.69. The maximum absolute atomic E-state index is 13.0. The van der Waals surface area contributed by atoms with Gasteiger partial charge < -0.3 is 10.4 Å². The molecular weight excluding hydrogens is 542 g/mol. The van der Waals surface area contributed by atoms with Gasteiger partial charge in [0.1, 0.15) is 0 Å². The fourth-order valence-electron chi connectivity index (χ4n) is 12.3. The monoisotopic (exact) mass is 597 g/mol. The van der Waals surface area contributed by atoms with Gasteiger partial charge in [0.05, 0.1) is 17.2 Å². The average molecular weight is 598 g/mol. The van der Waals surface area contributed by atoms with Crippen LogP contribution in [0.3, 0.4) is 0 Å². The Labute approximate surface area is 260 Å². The summed E-state index contributed by atoms with van der Waals surface area (Å²) < 4.78 is 2.33. The van der Waals surface area contributed by atoms with Crippen LogP contribution in [0.4, 0.5) is 0 Å². The number of rotatable bonds is 2. The Balaban J connectivity index is 0.00000316. The number of halogens is 1. The number of carboxylic acid groups (broad SMARTS) is 1. The van der Waals surface area contributed by atoms with E-state index in [9.17, 15) is 9.90 Å². The molecule has 1 aromatic heterocycles. The molecule has 3 saturated carbocycles. The van der Waals surface area contributed by atoms with Crippen molar-refractivity contribution in [2.45, 2.75) is 131 Å². The average Bonchev–Trinajstić information content (AvgIpc) is 3.33. The molecule has 6 heteroatoms. The third-order valence-electron chi connectivity index (χ3n) is 14.8.